The molecule has 0 spiro atoms. The van der Waals surface area contributed by atoms with E-state index in [1.807, 2.05) is 11.8 Å². The van der Waals surface area contributed by atoms with Gasteiger partial charge in [0.2, 0.25) is 0 Å². The summed E-state index contributed by atoms with van der Waals surface area (Å²) in [6.07, 6.45) is 2.05. The van der Waals surface area contributed by atoms with Gasteiger partial charge in [0.25, 0.3) is 0 Å². The largest absolute Gasteiger partial charge is 0.391 e. The molecule has 0 radical (unpaired) electrons. The first kappa shape index (κ1) is 11.8. The Morgan fingerprint density at radius 2 is 2.41 bits per heavy atom. The van der Waals surface area contributed by atoms with Gasteiger partial charge in [-0.05, 0) is 18.4 Å². The van der Waals surface area contributed by atoms with Crippen molar-refractivity contribution in [1.82, 2.24) is 10.2 Å². The van der Waals surface area contributed by atoms with Crippen LogP contribution in [0.3, 0.4) is 0 Å². The van der Waals surface area contributed by atoms with Gasteiger partial charge in [-0.1, -0.05) is 6.92 Å². The van der Waals surface area contributed by atoms with Gasteiger partial charge in [-0.3, -0.25) is 5.41 Å². The molecule has 1 aromatic heterocycles. The average Bonchev–Trinajstić information content (AvgIpc) is 2.32. The number of rotatable bonds is 2. The number of aliphatic hydroxyl groups is 1. The van der Waals surface area contributed by atoms with Crippen LogP contribution in [-0.2, 0) is 0 Å². The van der Waals surface area contributed by atoms with Crippen LogP contribution in [0.25, 0.3) is 0 Å². The van der Waals surface area contributed by atoms with E-state index >= 15 is 0 Å². The molecule has 4 N–H and O–H groups in total. The van der Waals surface area contributed by atoms with Crippen LogP contribution in [0.4, 0.5) is 5.82 Å². The van der Waals surface area contributed by atoms with Gasteiger partial charge in [0.1, 0.15) is 5.84 Å². The van der Waals surface area contributed by atoms with Crippen molar-refractivity contribution in [3.63, 3.8) is 0 Å². The van der Waals surface area contributed by atoms with Crippen LogP contribution < -0.4 is 10.6 Å². The van der Waals surface area contributed by atoms with Gasteiger partial charge in [0.15, 0.2) is 5.82 Å². The summed E-state index contributed by atoms with van der Waals surface area (Å²) in [4.78, 5) is 1.94. The first-order valence-electron chi connectivity index (χ1n) is 5.68. The summed E-state index contributed by atoms with van der Waals surface area (Å²) in [5, 5.41) is 25.2. The first-order valence-corrected chi connectivity index (χ1v) is 5.68. The molecule has 1 aliphatic rings. The second kappa shape index (κ2) is 4.67. The number of β-amino-alcohol motifs (C(OH)–C–C–N with tert-alkyl or cyclic N) is 1. The molecule has 0 aliphatic carbocycles. The lowest BCUT2D eigenvalue weighted by molar-refractivity contribution is 0.102. The number of nitrogens with zero attached hydrogens (tertiary/aromatic N) is 3. The fourth-order valence-electron chi connectivity index (χ4n) is 2.01. The summed E-state index contributed by atoms with van der Waals surface area (Å²) >= 11 is 0. The van der Waals surface area contributed by atoms with Crippen molar-refractivity contribution in [1.29, 1.82) is 5.41 Å². The predicted octanol–water partition coefficient (Wildman–Crippen LogP) is -0.0322. The molecule has 1 aromatic rings. The fraction of sp³-hybridized carbons (Fsp3) is 0.545. The van der Waals surface area contributed by atoms with Gasteiger partial charge < -0.3 is 15.7 Å². The monoisotopic (exact) mass is 235 g/mol. The Balaban J connectivity index is 2.25. The Bertz CT molecular complexity index is 422. The SMILES string of the molecule is CC1CCN(c2nnccc2C(=N)N)CC1O. The minimum Gasteiger partial charge on any atom is -0.391 e. The number of aromatic nitrogens is 2. The number of amidine groups is 1. The van der Waals surface area contributed by atoms with Crippen molar-refractivity contribution in [2.45, 2.75) is 19.4 Å². The summed E-state index contributed by atoms with van der Waals surface area (Å²) in [6, 6.07) is 1.68. The maximum Gasteiger partial charge on any atom is 0.162 e. The molecule has 2 heterocycles. The van der Waals surface area contributed by atoms with E-state index < -0.39 is 0 Å². The van der Waals surface area contributed by atoms with Gasteiger partial charge >= 0.3 is 0 Å². The molecule has 0 saturated carbocycles. The predicted molar refractivity (Wildman–Crippen MR) is 65.0 cm³/mol. The molecular formula is C11H17N5O. The first-order chi connectivity index (χ1) is 8.09. The third-order valence-corrected chi connectivity index (χ3v) is 3.21. The number of anilines is 1. The number of nitrogens with two attached hydrogens (primary N) is 1. The third-order valence-electron chi connectivity index (χ3n) is 3.21. The number of aliphatic hydroxyl groups excluding tert-OH is 1. The Kier molecular flexibility index (Phi) is 3.23. The quantitative estimate of drug-likeness (QED) is 0.494. The minimum absolute atomic E-state index is 0.0250. The van der Waals surface area contributed by atoms with Crippen LogP contribution in [0, 0.1) is 11.3 Å². The summed E-state index contributed by atoms with van der Waals surface area (Å²) in [5.41, 5.74) is 6.08. The molecule has 1 fully saturated rings. The van der Waals surface area contributed by atoms with Crippen LogP contribution in [0.1, 0.15) is 18.9 Å². The second-order valence-electron chi connectivity index (χ2n) is 4.46. The highest BCUT2D eigenvalue weighted by Gasteiger charge is 2.26. The summed E-state index contributed by atoms with van der Waals surface area (Å²) < 4.78 is 0. The average molecular weight is 235 g/mol. The molecule has 0 amide bonds. The van der Waals surface area contributed by atoms with Crippen LogP contribution in [0.2, 0.25) is 0 Å². The maximum atomic E-state index is 9.86. The lowest BCUT2D eigenvalue weighted by atomic mass is 9.96. The summed E-state index contributed by atoms with van der Waals surface area (Å²) in [6.45, 7) is 3.35. The topological polar surface area (TPSA) is 99.1 Å². The van der Waals surface area contributed by atoms with Crippen molar-refractivity contribution in [3.8, 4) is 0 Å². The molecule has 0 bridgehead atoms. The highest BCUT2D eigenvalue weighted by molar-refractivity contribution is 5.99. The molecule has 6 nitrogen and oxygen atoms in total. The molecule has 0 aromatic carbocycles. The molecular weight excluding hydrogens is 218 g/mol. The van der Waals surface area contributed by atoms with Gasteiger partial charge in [0.05, 0.1) is 17.9 Å². The van der Waals surface area contributed by atoms with Crippen molar-refractivity contribution < 1.29 is 5.11 Å². The zero-order valence-electron chi connectivity index (χ0n) is 9.80. The Morgan fingerprint density at radius 1 is 1.65 bits per heavy atom. The molecule has 6 heteroatoms. The smallest absolute Gasteiger partial charge is 0.162 e. The molecule has 1 aliphatic heterocycles. The number of nitrogens with one attached hydrogen (secondary N) is 1. The maximum absolute atomic E-state index is 9.86. The van der Waals surface area contributed by atoms with E-state index in [2.05, 4.69) is 10.2 Å². The van der Waals surface area contributed by atoms with Gasteiger partial charge in [-0.25, -0.2) is 0 Å². The Hall–Kier alpha value is -1.69. The number of hydrogen-bond donors (Lipinski definition) is 3. The van der Waals surface area contributed by atoms with E-state index in [4.69, 9.17) is 11.1 Å². The summed E-state index contributed by atoms with van der Waals surface area (Å²) in [7, 11) is 0. The fourth-order valence-corrected chi connectivity index (χ4v) is 2.01. The minimum atomic E-state index is -0.370. The number of piperidine rings is 1. The molecule has 2 unspecified atom stereocenters. The van der Waals surface area contributed by atoms with E-state index in [-0.39, 0.29) is 11.9 Å². The van der Waals surface area contributed by atoms with Crippen molar-refractivity contribution in [2.75, 3.05) is 18.0 Å². The Morgan fingerprint density at radius 3 is 3.06 bits per heavy atom. The van der Waals surface area contributed by atoms with Crippen LogP contribution in [0.15, 0.2) is 12.3 Å². The van der Waals surface area contributed by atoms with E-state index in [1.54, 1.807) is 6.07 Å². The Labute approximate surface area is 100.0 Å². The van der Waals surface area contributed by atoms with E-state index in [9.17, 15) is 5.11 Å². The van der Waals surface area contributed by atoms with Gasteiger partial charge in [-0.15, -0.1) is 5.10 Å². The molecule has 2 atom stereocenters. The zero-order valence-corrected chi connectivity index (χ0v) is 9.80. The van der Waals surface area contributed by atoms with Crippen molar-refractivity contribution in [3.05, 3.63) is 17.8 Å². The molecule has 17 heavy (non-hydrogen) atoms. The highest BCUT2D eigenvalue weighted by Crippen LogP contribution is 2.23. The number of hydrogen-bond acceptors (Lipinski definition) is 5. The molecule has 92 valence electrons. The van der Waals surface area contributed by atoms with Crippen LogP contribution in [-0.4, -0.2) is 40.3 Å². The summed E-state index contributed by atoms with van der Waals surface area (Å²) in [5.74, 6) is 0.859. The number of nitrogen functional groups attached to an aromatic ring is 1. The lowest BCUT2D eigenvalue weighted by Crippen LogP contribution is -2.44. The second-order valence-corrected chi connectivity index (χ2v) is 4.46. The zero-order chi connectivity index (χ0) is 12.4. The van der Waals surface area contributed by atoms with Gasteiger partial charge in [-0.2, -0.15) is 5.10 Å². The van der Waals surface area contributed by atoms with Crippen LogP contribution >= 0.6 is 0 Å². The highest BCUT2D eigenvalue weighted by atomic mass is 16.3. The standard InChI is InChI=1S/C11H17N5O/c1-7-3-5-16(6-9(7)17)11-8(10(12)13)2-4-14-15-11/h2,4,7,9,17H,3,5-6H2,1H3,(H3,12,13). The van der Waals surface area contributed by atoms with Gasteiger partial charge in [0, 0.05) is 13.1 Å². The normalized spacial score (nSPS) is 24.7. The van der Waals surface area contributed by atoms with Crippen molar-refractivity contribution >= 4 is 11.7 Å². The lowest BCUT2D eigenvalue weighted by Gasteiger charge is -2.35. The van der Waals surface area contributed by atoms with E-state index in [0.29, 0.717) is 23.8 Å². The van der Waals surface area contributed by atoms with Crippen LogP contribution in [0.5, 0.6) is 0 Å². The molecule has 2 rings (SSSR count). The van der Waals surface area contributed by atoms with E-state index in [0.717, 1.165) is 13.0 Å². The molecule has 1 saturated heterocycles. The van der Waals surface area contributed by atoms with Crippen molar-refractivity contribution in [2.24, 2.45) is 11.7 Å². The third kappa shape index (κ3) is 2.36. The van der Waals surface area contributed by atoms with E-state index in [1.165, 1.54) is 6.20 Å².